The number of ether oxygens (including phenoxy) is 1. The number of hydrogen-bond donors (Lipinski definition) is 1. The maximum Gasteiger partial charge on any atom is 0.251 e. The second kappa shape index (κ2) is 7.69. The van der Waals surface area contributed by atoms with E-state index in [2.05, 4.69) is 10.3 Å². The van der Waals surface area contributed by atoms with Gasteiger partial charge in [-0.1, -0.05) is 0 Å². The zero-order chi connectivity index (χ0) is 15.1. The normalized spacial score (nSPS) is 10.2. The number of nitrogens with zero attached hydrogens (tertiary/aromatic N) is 1. The summed E-state index contributed by atoms with van der Waals surface area (Å²) in [6, 6.07) is 11.2. The van der Waals surface area contributed by atoms with Crippen LogP contribution < -0.4 is 10.1 Å². The Morgan fingerprint density at radius 2 is 2.05 bits per heavy atom. The van der Waals surface area contributed by atoms with Crippen LogP contribution in [0.4, 0.5) is 0 Å². The highest BCUT2D eigenvalue weighted by atomic mass is 32.2. The summed E-state index contributed by atoms with van der Waals surface area (Å²) in [5.41, 5.74) is 1.62. The molecule has 1 aromatic carbocycles. The average molecular weight is 302 g/mol. The lowest BCUT2D eigenvalue weighted by molar-refractivity contribution is 0.0950. The Morgan fingerprint density at radius 1 is 1.29 bits per heavy atom. The standard InChI is InChI=1S/C16H18N2O2S/c1-3-20-15-10-12(8-9-17-15)11-18-16(19)13-4-6-14(21-2)7-5-13/h4-10H,3,11H2,1-2H3,(H,18,19). The molecule has 5 heteroatoms. The third kappa shape index (κ3) is 4.49. The van der Waals surface area contributed by atoms with Gasteiger partial charge in [0.05, 0.1) is 6.61 Å². The summed E-state index contributed by atoms with van der Waals surface area (Å²) >= 11 is 1.65. The monoisotopic (exact) mass is 302 g/mol. The molecule has 1 amide bonds. The fraction of sp³-hybridized carbons (Fsp3) is 0.250. The van der Waals surface area contributed by atoms with Gasteiger partial charge in [0.2, 0.25) is 5.88 Å². The molecule has 0 spiro atoms. The van der Waals surface area contributed by atoms with Gasteiger partial charge in [0.1, 0.15) is 0 Å². The van der Waals surface area contributed by atoms with Crippen molar-refractivity contribution in [3.63, 3.8) is 0 Å². The quantitative estimate of drug-likeness (QED) is 0.833. The minimum absolute atomic E-state index is 0.0857. The van der Waals surface area contributed by atoms with Gasteiger partial charge in [0.25, 0.3) is 5.91 Å². The minimum atomic E-state index is -0.0857. The van der Waals surface area contributed by atoms with Crippen LogP contribution in [0.1, 0.15) is 22.8 Å². The van der Waals surface area contributed by atoms with Crippen LogP contribution in [0.2, 0.25) is 0 Å². The Hall–Kier alpha value is -2.01. The van der Waals surface area contributed by atoms with Gasteiger partial charge in [-0.25, -0.2) is 4.98 Å². The number of carbonyl (C=O) groups excluding carboxylic acids is 1. The molecule has 1 N–H and O–H groups in total. The van der Waals surface area contributed by atoms with Crippen LogP contribution >= 0.6 is 11.8 Å². The van der Waals surface area contributed by atoms with Crippen LogP contribution in [0, 0.1) is 0 Å². The molecular weight excluding hydrogens is 284 g/mol. The third-order valence-electron chi connectivity index (χ3n) is 2.90. The van der Waals surface area contributed by atoms with Crippen molar-refractivity contribution >= 4 is 17.7 Å². The molecule has 0 atom stereocenters. The third-order valence-corrected chi connectivity index (χ3v) is 3.64. The average Bonchev–Trinajstić information content (AvgIpc) is 2.53. The van der Waals surface area contributed by atoms with Crippen LogP contribution in [0.15, 0.2) is 47.5 Å². The van der Waals surface area contributed by atoms with E-state index in [0.717, 1.165) is 10.5 Å². The van der Waals surface area contributed by atoms with Gasteiger partial charge in [0.15, 0.2) is 0 Å². The van der Waals surface area contributed by atoms with Crippen molar-refractivity contribution in [3.05, 3.63) is 53.7 Å². The zero-order valence-electron chi connectivity index (χ0n) is 12.1. The molecule has 0 fully saturated rings. The Morgan fingerprint density at radius 3 is 2.71 bits per heavy atom. The van der Waals surface area contributed by atoms with Crippen LogP contribution in [0.5, 0.6) is 5.88 Å². The molecule has 0 bridgehead atoms. The molecule has 0 saturated carbocycles. The lowest BCUT2D eigenvalue weighted by Gasteiger charge is -2.07. The van der Waals surface area contributed by atoms with Crippen LogP contribution in [0.25, 0.3) is 0 Å². The molecule has 0 aliphatic carbocycles. The summed E-state index contributed by atoms with van der Waals surface area (Å²) in [4.78, 5) is 17.3. The Bertz CT molecular complexity index is 599. The Balaban J connectivity index is 1.95. The van der Waals surface area contributed by atoms with Gasteiger partial charge < -0.3 is 10.1 Å². The summed E-state index contributed by atoms with van der Waals surface area (Å²) < 4.78 is 5.34. The predicted octanol–water partition coefficient (Wildman–Crippen LogP) is 3.13. The van der Waals surface area contributed by atoms with Crippen molar-refractivity contribution in [2.45, 2.75) is 18.4 Å². The lowest BCUT2D eigenvalue weighted by Crippen LogP contribution is -2.22. The lowest BCUT2D eigenvalue weighted by atomic mass is 10.2. The number of hydrogen-bond acceptors (Lipinski definition) is 4. The summed E-state index contributed by atoms with van der Waals surface area (Å²) in [5, 5.41) is 2.89. The molecule has 1 aromatic heterocycles. The van der Waals surface area contributed by atoms with E-state index in [1.165, 1.54) is 0 Å². The van der Waals surface area contributed by atoms with E-state index < -0.39 is 0 Å². The van der Waals surface area contributed by atoms with Crippen molar-refractivity contribution in [2.75, 3.05) is 12.9 Å². The number of rotatable bonds is 6. The largest absolute Gasteiger partial charge is 0.478 e. The molecule has 0 saturated heterocycles. The molecule has 2 aromatic rings. The van der Waals surface area contributed by atoms with Gasteiger partial charge in [-0.15, -0.1) is 11.8 Å². The van der Waals surface area contributed by atoms with Gasteiger partial charge in [0, 0.05) is 29.3 Å². The number of aromatic nitrogens is 1. The predicted molar refractivity (Wildman–Crippen MR) is 84.8 cm³/mol. The first-order valence-corrected chi connectivity index (χ1v) is 7.95. The Labute approximate surface area is 128 Å². The van der Waals surface area contributed by atoms with Crippen molar-refractivity contribution in [1.82, 2.24) is 10.3 Å². The van der Waals surface area contributed by atoms with Crippen molar-refractivity contribution in [2.24, 2.45) is 0 Å². The number of thioether (sulfide) groups is 1. The molecule has 4 nitrogen and oxygen atoms in total. The highest BCUT2D eigenvalue weighted by Crippen LogP contribution is 2.15. The zero-order valence-corrected chi connectivity index (χ0v) is 12.9. The molecule has 0 aliphatic rings. The molecule has 21 heavy (non-hydrogen) atoms. The van der Waals surface area contributed by atoms with E-state index >= 15 is 0 Å². The van der Waals surface area contributed by atoms with Gasteiger partial charge in [-0.2, -0.15) is 0 Å². The molecular formula is C16H18N2O2S. The maximum absolute atomic E-state index is 12.1. The first kappa shape index (κ1) is 15.4. The summed E-state index contributed by atoms with van der Waals surface area (Å²) in [5.74, 6) is 0.492. The van der Waals surface area contributed by atoms with E-state index in [1.54, 1.807) is 18.0 Å². The van der Waals surface area contributed by atoms with Crippen LogP contribution in [-0.2, 0) is 6.54 Å². The molecule has 0 aliphatic heterocycles. The van der Waals surface area contributed by atoms with Crippen LogP contribution in [0.3, 0.4) is 0 Å². The molecule has 0 radical (unpaired) electrons. The summed E-state index contributed by atoms with van der Waals surface area (Å²) in [6.07, 6.45) is 3.69. The molecule has 110 valence electrons. The van der Waals surface area contributed by atoms with E-state index in [-0.39, 0.29) is 5.91 Å². The fourth-order valence-corrected chi connectivity index (χ4v) is 2.22. The summed E-state index contributed by atoms with van der Waals surface area (Å²) in [7, 11) is 0. The first-order chi connectivity index (χ1) is 10.2. The fourth-order valence-electron chi connectivity index (χ4n) is 1.81. The van der Waals surface area contributed by atoms with E-state index in [1.807, 2.05) is 49.6 Å². The first-order valence-electron chi connectivity index (χ1n) is 6.73. The van der Waals surface area contributed by atoms with Crippen molar-refractivity contribution in [1.29, 1.82) is 0 Å². The van der Waals surface area contributed by atoms with Gasteiger partial charge in [-0.05, 0) is 49.1 Å². The van der Waals surface area contributed by atoms with E-state index in [0.29, 0.717) is 24.6 Å². The van der Waals surface area contributed by atoms with E-state index in [9.17, 15) is 4.79 Å². The summed E-state index contributed by atoms with van der Waals surface area (Å²) in [6.45, 7) is 2.94. The van der Waals surface area contributed by atoms with Gasteiger partial charge >= 0.3 is 0 Å². The molecule has 1 heterocycles. The van der Waals surface area contributed by atoms with Crippen LogP contribution in [-0.4, -0.2) is 23.8 Å². The second-order valence-electron chi connectivity index (χ2n) is 4.35. The number of amides is 1. The SMILES string of the molecule is CCOc1cc(CNC(=O)c2ccc(SC)cc2)ccn1. The highest BCUT2D eigenvalue weighted by Gasteiger charge is 2.05. The van der Waals surface area contributed by atoms with Crippen molar-refractivity contribution in [3.8, 4) is 5.88 Å². The Kier molecular flexibility index (Phi) is 5.63. The highest BCUT2D eigenvalue weighted by molar-refractivity contribution is 7.98. The smallest absolute Gasteiger partial charge is 0.251 e. The number of pyridine rings is 1. The number of nitrogens with one attached hydrogen (secondary N) is 1. The van der Waals surface area contributed by atoms with Gasteiger partial charge in [-0.3, -0.25) is 4.79 Å². The van der Waals surface area contributed by atoms with E-state index in [4.69, 9.17) is 4.74 Å². The number of carbonyl (C=O) groups is 1. The molecule has 2 rings (SSSR count). The topological polar surface area (TPSA) is 51.2 Å². The minimum Gasteiger partial charge on any atom is -0.478 e. The number of benzene rings is 1. The molecule has 0 unspecified atom stereocenters. The van der Waals surface area contributed by atoms with Crippen molar-refractivity contribution < 1.29 is 9.53 Å². The maximum atomic E-state index is 12.1. The second-order valence-corrected chi connectivity index (χ2v) is 5.23.